The zero-order valence-corrected chi connectivity index (χ0v) is 16.3. The first-order valence-electron chi connectivity index (χ1n) is 8.34. The van der Waals surface area contributed by atoms with Gasteiger partial charge in [0.25, 0.3) is 0 Å². The Balaban J connectivity index is 1.72. The topological polar surface area (TPSA) is 72.3 Å². The van der Waals surface area contributed by atoms with Crippen LogP contribution in [0.25, 0.3) is 11.0 Å². The maximum atomic E-state index is 12.5. The molecule has 1 aliphatic rings. The Kier molecular flexibility index (Phi) is 5.11. The lowest BCUT2D eigenvalue weighted by molar-refractivity contribution is -0.128. The number of carbonyl (C=O) groups excluding carboxylic acids is 1. The van der Waals surface area contributed by atoms with Gasteiger partial charge in [0.1, 0.15) is 0 Å². The van der Waals surface area contributed by atoms with Crippen LogP contribution in [0.4, 0.5) is 0 Å². The predicted octanol–water partition coefficient (Wildman–Crippen LogP) is 2.35. The number of benzene rings is 1. The van der Waals surface area contributed by atoms with E-state index in [9.17, 15) is 13.2 Å². The lowest BCUT2D eigenvalue weighted by atomic mass is 10.2. The van der Waals surface area contributed by atoms with Gasteiger partial charge in [-0.15, -0.1) is 0 Å². The minimum Gasteiger partial charge on any atom is -0.341 e. The molecule has 0 spiro atoms. The van der Waals surface area contributed by atoms with Crippen molar-refractivity contribution in [1.29, 1.82) is 0 Å². The van der Waals surface area contributed by atoms with E-state index in [1.807, 2.05) is 24.3 Å². The molecule has 136 valence electrons. The number of imidazole rings is 1. The summed E-state index contributed by atoms with van der Waals surface area (Å²) in [5, 5.41) is 0.817. The van der Waals surface area contributed by atoms with Crippen molar-refractivity contribution in [2.45, 2.75) is 37.5 Å². The number of carbonyl (C=O) groups is 1. The molecule has 1 amide bonds. The van der Waals surface area contributed by atoms with E-state index in [0.29, 0.717) is 6.42 Å². The summed E-state index contributed by atoms with van der Waals surface area (Å²) in [6, 6.07) is 7.97. The van der Waals surface area contributed by atoms with Gasteiger partial charge in [0.05, 0.1) is 28.3 Å². The second-order valence-electron chi connectivity index (χ2n) is 6.70. The van der Waals surface area contributed by atoms with Gasteiger partial charge in [0, 0.05) is 19.1 Å². The van der Waals surface area contributed by atoms with Crippen molar-refractivity contribution in [3.63, 3.8) is 0 Å². The SMILES string of the molecule is CC(C)n1c(SCC(=O)N(C)[C@@H]2CCS(=O)(=O)C2)nc2ccccc21. The highest BCUT2D eigenvalue weighted by molar-refractivity contribution is 7.99. The Labute approximate surface area is 152 Å². The maximum absolute atomic E-state index is 12.5. The van der Waals surface area contributed by atoms with E-state index < -0.39 is 9.84 Å². The summed E-state index contributed by atoms with van der Waals surface area (Å²) in [5.41, 5.74) is 1.98. The largest absolute Gasteiger partial charge is 0.341 e. The van der Waals surface area contributed by atoms with E-state index in [2.05, 4.69) is 23.4 Å². The first-order valence-corrected chi connectivity index (χ1v) is 11.1. The average Bonchev–Trinajstić information content (AvgIpc) is 3.11. The highest BCUT2D eigenvalue weighted by Gasteiger charge is 2.32. The van der Waals surface area contributed by atoms with Crippen molar-refractivity contribution in [1.82, 2.24) is 14.5 Å². The van der Waals surface area contributed by atoms with Crippen LogP contribution in [0.3, 0.4) is 0 Å². The normalized spacial score (nSPS) is 19.6. The number of hydrogen-bond donors (Lipinski definition) is 0. The summed E-state index contributed by atoms with van der Waals surface area (Å²) in [7, 11) is -1.30. The van der Waals surface area contributed by atoms with Crippen molar-refractivity contribution in [2.75, 3.05) is 24.3 Å². The predicted molar refractivity (Wildman–Crippen MR) is 101 cm³/mol. The van der Waals surface area contributed by atoms with E-state index in [1.165, 1.54) is 11.8 Å². The van der Waals surface area contributed by atoms with Gasteiger partial charge in [0.15, 0.2) is 15.0 Å². The summed E-state index contributed by atoms with van der Waals surface area (Å²) >= 11 is 1.41. The summed E-state index contributed by atoms with van der Waals surface area (Å²) in [6.45, 7) is 4.19. The highest BCUT2D eigenvalue weighted by Crippen LogP contribution is 2.28. The third-order valence-electron chi connectivity index (χ3n) is 4.55. The Hall–Kier alpha value is -1.54. The van der Waals surface area contributed by atoms with Gasteiger partial charge in [-0.1, -0.05) is 23.9 Å². The van der Waals surface area contributed by atoms with Gasteiger partial charge in [-0.05, 0) is 32.4 Å². The second-order valence-corrected chi connectivity index (χ2v) is 9.87. The molecule has 6 nitrogen and oxygen atoms in total. The first kappa shape index (κ1) is 18.3. The van der Waals surface area contributed by atoms with Gasteiger partial charge < -0.3 is 9.47 Å². The van der Waals surface area contributed by atoms with Crippen LogP contribution in [-0.4, -0.2) is 59.1 Å². The molecule has 1 atom stereocenters. The maximum Gasteiger partial charge on any atom is 0.233 e. The van der Waals surface area contributed by atoms with Crippen LogP contribution in [0.15, 0.2) is 29.4 Å². The van der Waals surface area contributed by atoms with E-state index >= 15 is 0 Å². The molecule has 1 fully saturated rings. The minimum atomic E-state index is -2.99. The number of sulfone groups is 1. The number of aromatic nitrogens is 2. The van der Waals surface area contributed by atoms with Crippen LogP contribution in [0.2, 0.25) is 0 Å². The Morgan fingerprint density at radius 3 is 2.76 bits per heavy atom. The average molecular weight is 382 g/mol. The number of thioether (sulfide) groups is 1. The summed E-state index contributed by atoms with van der Waals surface area (Å²) in [5.74, 6) is 0.438. The van der Waals surface area contributed by atoms with Crippen LogP contribution < -0.4 is 0 Å². The fourth-order valence-electron chi connectivity index (χ4n) is 3.14. The Bertz CT molecular complexity index is 890. The molecular formula is C17H23N3O3S2. The molecule has 25 heavy (non-hydrogen) atoms. The molecule has 2 heterocycles. The van der Waals surface area contributed by atoms with Gasteiger partial charge >= 0.3 is 0 Å². The molecule has 0 unspecified atom stereocenters. The van der Waals surface area contributed by atoms with Crippen LogP contribution in [0.5, 0.6) is 0 Å². The summed E-state index contributed by atoms with van der Waals surface area (Å²) in [6.07, 6.45) is 0.528. The third kappa shape index (κ3) is 3.84. The molecule has 1 aliphatic heterocycles. The Morgan fingerprint density at radius 2 is 2.12 bits per heavy atom. The molecule has 0 bridgehead atoms. The fourth-order valence-corrected chi connectivity index (χ4v) is 5.98. The number of hydrogen-bond acceptors (Lipinski definition) is 5. The molecular weight excluding hydrogens is 358 g/mol. The van der Waals surface area contributed by atoms with Crippen molar-refractivity contribution < 1.29 is 13.2 Å². The number of nitrogens with zero attached hydrogens (tertiary/aromatic N) is 3. The standard InChI is InChI=1S/C17H23N3O3S2/c1-12(2)20-15-7-5-4-6-14(15)18-17(20)24-10-16(21)19(3)13-8-9-25(22,23)11-13/h4-7,12-13H,8-11H2,1-3H3/t13-/m1/s1. The van der Waals surface area contributed by atoms with E-state index in [0.717, 1.165) is 16.2 Å². The van der Waals surface area contributed by atoms with Gasteiger partial charge in [-0.25, -0.2) is 13.4 Å². The quantitative estimate of drug-likeness (QED) is 0.744. The molecule has 0 saturated carbocycles. The van der Waals surface area contributed by atoms with E-state index in [-0.39, 0.29) is 35.2 Å². The monoisotopic (exact) mass is 381 g/mol. The van der Waals surface area contributed by atoms with Crippen LogP contribution in [0, 0.1) is 0 Å². The van der Waals surface area contributed by atoms with Crippen molar-refractivity contribution in [2.24, 2.45) is 0 Å². The number of para-hydroxylation sites is 2. The number of fused-ring (bicyclic) bond motifs is 1. The molecule has 0 aliphatic carbocycles. The van der Waals surface area contributed by atoms with E-state index in [4.69, 9.17) is 0 Å². The van der Waals surface area contributed by atoms with Gasteiger partial charge in [0.2, 0.25) is 5.91 Å². The lowest BCUT2D eigenvalue weighted by Gasteiger charge is -2.23. The second kappa shape index (κ2) is 6.99. The van der Waals surface area contributed by atoms with Crippen molar-refractivity contribution in [3.05, 3.63) is 24.3 Å². The first-order chi connectivity index (χ1) is 11.8. The zero-order valence-electron chi connectivity index (χ0n) is 14.7. The number of amides is 1. The molecule has 1 saturated heterocycles. The summed E-state index contributed by atoms with van der Waals surface area (Å²) in [4.78, 5) is 18.7. The molecule has 3 rings (SSSR count). The van der Waals surface area contributed by atoms with Crippen molar-refractivity contribution >= 4 is 38.5 Å². The fraction of sp³-hybridized carbons (Fsp3) is 0.529. The van der Waals surface area contributed by atoms with Crippen LogP contribution in [-0.2, 0) is 14.6 Å². The molecule has 1 aromatic carbocycles. The Morgan fingerprint density at radius 1 is 1.40 bits per heavy atom. The van der Waals surface area contributed by atoms with E-state index in [1.54, 1.807) is 11.9 Å². The third-order valence-corrected chi connectivity index (χ3v) is 7.24. The molecule has 0 radical (unpaired) electrons. The molecule has 2 aromatic rings. The van der Waals surface area contributed by atoms with Crippen LogP contribution >= 0.6 is 11.8 Å². The van der Waals surface area contributed by atoms with Crippen molar-refractivity contribution in [3.8, 4) is 0 Å². The molecule has 1 aromatic heterocycles. The molecule has 0 N–H and O–H groups in total. The lowest BCUT2D eigenvalue weighted by Crippen LogP contribution is -2.38. The van der Waals surface area contributed by atoms with Gasteiger partial charge in [-0.3, -0.25) is 4.79 Å². The molecule has 8 heteroatoms. The number of rotatable bonds is 5. The van der Waals surface area contributed by atoms with Gasteiger partial charge in [-0.2, -0.15) is 0 Å². The highest BCUT2D eigenvalue weighted by atomic mass is 32.2. The van der Waals surface area contributed by atoms with Crippen LogP contribution in [0.1, 0.15) is 26.3 Å². The summed E-state index contributed by atoms with van der Waals surface area (Å²) < 4.78 is 25.4. The zero-order chi connectivity index (χ0) is 18.2. The smallest absolute Gasteiger partial charge is 0.233 e. The minimum absolute atomic E-state index is 0.0607.